The largest absolute Gasteiger partial charge is 0.394 e. The van der Waals surface area contributed by atoms with Crippen molar-refractivity contribution in [3.8, 4) is 0 Å². The average Bonchev–Trinajstić information content (AvgIpc) is 3.18. The molecule has 0 spiro atoms. The number of fused-ring (bicyclic) bond motifs is 3. The molecule has 4 unspecified atom stereocenters. The Hall–Kier alpha value is -0.160. The SMILES string of the molecule is OCCOC1CCC(C2(C3CCC(OCCO)CC3)C3CCCCC3C3CCCCC32)CC1. The molecule has 5 aliphatic carbocycles. The minimum Gasteiger partial charge on any atom is -0.394 e. The molecule has 4 heteroatoms. The van der Waals surface area contributed by atoms with Crippen molar-refractivity contribution < 1.29 is 19.7 Å². The van der Waals surface area contributed by atoms with Crippen LogP contribution >= 0.6 is 0 Å². The van der Waals surface area contributed by atoms with Crippen molar-refractivity contribution in [1.29, 1.82) is 0 Å². The number of ether oxygens (including phenoxy) is 2. The van der Waals surface area contributed by atoms with Gasteiger partial charge in [-0.05, 0) is 118 Å². The molecule has 0 radical (unpaired) electrons. The number of hydrogen-bond acceptors (Lipinski definition) is 4. The summed E-state index contributed by atoms with van der Waals surface area (Å²) >= 11 is 0. The molecule has 0 heterocycles. The first-order valence-electron chi connectivity index (χ1n) is 14.7. The van der Waals surface area contributed by atoms with E-state index in [4.69, 9.17) is 9.47 Å². The fourth-order valence-electron chi connectivity index (χ4n) is 10.3. The Morgan fingerprint density at radius 2 is 0.909 bits per heavy atom. The van der Waals surface area contributed by atoms with E-state index in [0.29, 0.717) is 30.8 Å². The monoisotopic (exact) mass is 462 g/mol. The smallest absolute Gasteiger partial charge is 0.0701 e. The lowest BCUT2D eigenvalue weighted by atomic mass is 9.48. The van der Waals surface area contributed by atoms with Gasteiger partial charge in [0.05, 0.1) is 38.6 Å². The molecule has 190 valence electrons. The van der Waals surface area contributed by atoms with Crippen LogP contribution in [0.15, 0.2) is 0 Å². The quantitative estimate of drug-likeness (QED) is 0.483. The van der Waals surface area contributed by atoms with Crippen LogP contribution < -0.4 is 0 Å². The standard InChI is InChI=1S/C29H50O4/c30-17-19-32-23-13-9-21(10-14-23)29(22-11-15-24(16-12-22)33-20-18-31)27-7-3-1-5-25(27)26-6-2-4-8-28(26)29/h21-28,30-31H,1-20H2. The van der Waals surface area contributed by atoms with Crippen molar-refractivity contribution in [1.82, 2.24) is 0 Å². The molecule has 5 rings (SSSR count). The van der Waals surface area contributed by atoms with Crippen LogP contribution in [0.25, 0.3) is 0 Å². The molecule has 5 saturated carbocycles. The maximum absolute atomic E-state index is 9.22. The van der Waals surface area contributed by atoms with Crippen LogP contribution in [-0.2, 0) is 9.47 Å². The highest BCUT2D eigenvalue weighted by Gasteiger charge is 2.65. The Morgan fingerprint density at radius 3 is 1.30 bits per heavy atom. The summed E-state index contributed by atoms with van der Waals surface area (Å²) < 4.78 is 12.0. The van der Waals surface area contributed by atoms with E-state index in [1.165, 1.54) is 103 Å². The van der Waals surface area contributed by atoms with Gasteiger partial charge in [0, 0.05) is 0 Å². The lowest BCUT2D eigenvalue weighted by Gasteiger charge is -2.57. The summed E-state index contributed by atoms with van der Waals surface area (Å²) in [5, 5.41) is 18.4. The van der Waals surface area contributed by atoms with Gasteiger partial charge < -0.3 is 19.7 Å². The summed E-state index contributed by atoms with van der Waals surface area (Å²) in [4.78, 5) is 0. The van der Waals surface area contributed by atoms with Crippen molar-refractivity contribution in [2.45, 2.75) is 115 Å². The second-order valence-electron chi connectivity index (χ2n) is 12.2. The molecule has 4 nitrogen and oxygen atoms in total. The number of aliphatic hydroxyl groups excluding tert-OH is 2. The van der Waals surface area contributed by atoms with Crippen molar-refractivity contribution in [3.05, 3.63) is 0 Å². The molecule has 33 heavy (non-hydrogen) atoms. The zero-order valence-corrected chi connectivity index (χ0v) is 21.0. The van der Waals surface area contributed by atoms with Gasteiger partial charge >= 0.3 is 0 Å². The maximum Gasteiger partial charge on any atom is 0.0701 e. The van der Waals surface area contributed by atoms with Gasteiger partial charge in [-0.3, -0.25) is 0 Å². The van der Waals surface area contributed by atoms with E-state index in [1.54, 1.807) is 0 Å². The van der Waals surface area contributed by atoms with Gasteiger partial charge in [0.25, 0.3) is 0 Å². The van der Waals surface area contributed by atoms with Crippen LogP contribution in [0.4, 0.5) is 0 Å². The Kier molecular flexibility index (Phi) is 8.38. The molecule has 0 aromatic heterocycles. The second kappa shape index (κ2) is 11.3. The first kappa shape index (κ1) is 24.5. The summed E-state index contributed by atoms with van der Waals surface area (Å²) in [6.45, 7) is 1.32. The molecular weight excluding hydrogens is 412 g/mol. The molecule has 0 aliphatic heterocycles. The van der Waals surface area contributed by atoms with E-state index in [2.05, 4.69) is 0 Å². The van der Waals surface area contributed by atoms with Crippen LogP contribution in [-0.4, -0.2) is 48.8 Å². The molecule has 4 atom stereocenters. The average molecular weight is 463 g/mol. The van der Waals surface area contributed by atoms with Crippen LogP contribution in [0.1, 0.15) is 103 Å². The maximum atomic E-state index is 9.22. The van der Waals surface area contributed by atoms with E-state index in [-0.39, 0.29) is 13.2 Å². The van der Waals surface area contributed by atoms with Crippen LogP contribution in [0.5, 0.6) is 0 Å². The van der Waals surface area contributed by atoms with Crippen LogP contribution in [0.2, 0.25) is 0 Å². The highest BCUT2D eigenvalue weighted by molar-refractivity contribution is 5.13. The van der Waals surface area contributed by atoms with Gasteiger partial charge in [-0.25, -0.2) is 0 Å². The van der Waals surface area contributed by atoms with Gasteiger partial charge in [-0.2, -0.15) is 0 Å². The Labute approximate surface area is 202 Å². The predicted octanol–water partition coefficient (Wildman–Crippen LogP) is 5.73. The molecule has 0 amide bonds. The lowest BCUT2D eigenvalue weighted by Crippen LogP contribution is -2.51. The normalized spacial score (nSPS) is 46.0. The highest BCUT2D eigenvalue weighted by Crippen LogP contribution is 2.71. The van der Waals surface area contributed by atoms with E-state index in [0.717, 1.165) is 35.5 Å². The van der Waals surface area contributed by atoms with E-state index in [1.807, 2.05) is 0 Å². The fraction of sp³-hybridized carbons (Fsp3) is 1.00. The van der Waals surface area contributed by atoms with Crippen LogP contribution in [0.3, 0.4) is 0 Å². The fourth-order valence-corrected chi connectivity index (χ4v) is 10.3. The lowest BCUT2D eigenvalue weighted by molar-refractivity contribution is -0.105. The summed E-state index contributed by atoms with van der Waals surface area (Å²) in [7, 11) is 0. The minimum atomic E-state index is 0.152. The molecule has 0 aromatic carbocycles. The zero-order chi connectivity index (χ0) is 22.7. The first-order chi connectivity index (χ1) is 16.3. The molecule has 0 aromatic rings. The molecule has 2 N–H and O–H groups in total. The van der Waals surface area contributed by atoms with Gasteiger partial charge in [0.1, 0.15) is 0 Å². The minimum absolute atomic E-state index is 0.152. The summed E-state index contributed by atoms with van der Waals surface area (Å²) in [5.74, 6) is 5.72. The zero-order valence-electron chi connectivity index (χ0n) is 21.0. The molecular formula is C29H50O4. The van der Waals surface area contributed by atoms with Gasteiger partial charge in [-0.15, -0.1) is 0 Å². The van der Waals surface area contributed by atoms with Crippen molar-refractivity contribution in [3.63, 3.8) is 0 Å². The van der Waals surface area contributed by atoms with Gasteiger partial charge in [0.2, 0.25) is 0 Å². The van der Waals surface area contributed by atoms with E-state index >= 15 is 0 Å². The molecule has 0 bridgehead atoms. The number of hydrogen-bond donors (Lipinski definition) is 2. The molecule has 5 fully saturated rings. The van der Waals surface area contributed by atoms with Gasteiger partial charge in [-0.1, -0.05) is 25.7 Å². The summed E-state index contributed by atoms with van der Waals surface area (Å²) in [5.41, 5.74) is 0.570. The van der Waals surface area contributed by atoms with E-state index < -0.39 is 0 Å². The second-order valence-corrected chi connectivity index (χ2v) is 12.2. The highest BCUT2D eigenvalue weighted by atomic mass is 16.5. The third kappa shape index (κ3) is 4.68. The van der Waals surface area contributed by atoms with Gasteiger partial charge in [0.15, 0.2) is 0 Å². The van der Waals surface area contributed by atoms with Crippen molar-refractivity contribution in [2.24, 2.45) is 40.9 Å². The summed E-state index contributed by atoms with van der Waals surface area (Å²) in [6.07, 6.45) is 22.9. The predicted molar refractivity (Wildman–Crippen MR) is 131 cm³/mol. The summed E-state index contributed by atoms with van der Waals surface area (Å²) in [6, 6.07) is 0. The molecule has 0 saturated heterocycles. The Bertz CT molecular complexity index is 540. The topological polar surface area (TPSA) is 58.9 Å². The van der Waals surface area contributed by atoms with E-state index in [9.17, 15) is 10.2 Å². The number of rotatable bonds is 8. The van der Waals surface area contributed by atoms with Crippen LogP contribution in [0, 0.1) is 40.9 Å². The third-order valence-corrected chi connectivity index (χ3v) is 11.1. The Balaban J connectivity index is 1.40. The van der Waals surface area contributed by atoms with Crippen molar-refractivity contribution in [2.75, 3.05) is 26.4 Å². The number of aliphatic hydroxyl groups is 2. The molecule has 5 aliphatic rings. The van der Waals surface area contributed by atoms with Crippen molar-refractivity contribution >= 4 is 0 Å². The first-order valence-corrected chi connectivity index (χ1v) is 14.7. The third-order valence-electron chi connectivity index (χ3n) is 11.1. The Morgan fingerprint density at radius 1 is 0.515 bits per heavy atom.